The molecule has 1 fully saturated rings. The van der Waals surface area contributed by atoms with Crippen LogP contribution in [0.3, 0.4) is 0 Å². The number of rotatable bonds is 4. The standard InChI is InChI=1S/C26H24N8/c1-2-12-33(11-1)26-28-16-18-14-17(6-7-20(18)32-26)21-8-10-27-25(31-21)29-19-9-13-34-23-5-3-4-22(23)30-24(34)15-19/h6-10,13-16H,1-5,11-12H2,(H,27,29,31). The van der Waals surface area contributed by atoms with Gasteiger partial charge in [0.15, 0.2) is 0 Å². The molecule has 0 spiro atoms. The summed E-state index contributed by atoms with van der Waals surface area (Å²) < 4.78 is 2.19. The van der Waals surface area contributed by atoms with Gasteiger partial charge in [0.1, 0.15) is 5.65 Å². The Bertz CT molecular complexity index is 1530. The van der Waals surface area contributed by atoms with Crippen molar-refractivity contribution in [1.82, 2.24) is 29.3 Å². The predicted octanol–water partition coefficient (Wildman–Crippen LogP) is 4.57. The highest BCUT2D eigenvalue weighted by Gasteiger charge is 2.18. The molecule has 0 bridgehead atoms. The first-order valence-electron chi connectivity index (χ1n) is 11.9. The maximum atomic E-state index is 4.79. The first-order valence-corrected chi connectivity index (χ1v) is 11.9. The summed E-state index contributed by atoms with van der Waals surface area (Å²) in [6, 6.07) is 12.2. The Hall–Kier alpha value is -4.07. The molecule has 4 aromatic heterocycles. The van der Waals surface area contributed by atoms with Crippen LogP contribution in [-0.2, 0) is 12.8 Å². The van der Waals surface area contributed by atoms with Crippen LogP contribution in [0.25, 0.3) is 27.8 Å². The van der Waals surface area contributed by atoms with Gasteiger partial charge in [0, 0.05) is 60.1 Å². The molecule has 1 saturated heterocycles. The second kappa shape index (κ2) is 7.76. The molecule has 7 rings (SSSR count). The van der Waals surface area contributed by atoms with Crippen LogP contribution in [0.15, 0.2) is 55.0 Å². The number of aromatic nitrogens is 6. The van der Waals surface area contributed by atoms with Crippen LogP contribution < -0.4 is 10.2 Å². The zero-order valence-electron chi connectivity index (χ0n) is 18.8. The van der Waals surface area contributed by atoms with Crippen LogP contribution in [0.4, 0.5) is 17.6 Å². The number of nitrogens with zero attached hydrogens (tertiary/aromatic N) is 7. The predicted molar refractivity (Wildman–Crippen MR) is 133 cm³/mol. The van der Waals surface area contributed by atoms with E-state index in [4.69, 9.17) is 15.0 Å². The van der Waals surface area contributed by atoms with Gasteiger partial charge >= 0.3 is 0 Å². The molecule has 5 heterocycles. The smallest absolute Gasteiger partial charge is 0.227 e. The second-order valence-electron chi connectivity index (χ2n) is 9.03. The third-order valence-corrected chi connectivity index (χ3v) is 6.80. The van der Waals surface area contributed by atoms with E-state index in [0.29, 0.717) is 5.95 Å². The number of benzene rings is 1. The second-order valence-corrected chi connectivity index (χ2v) is 9.03. The van der Waals surface area contributed by atoms with Gasteiger partial charge in [-0.3, -0.25) is 0 Å². The van der Waals surface area contributed by atoms with E-state index in [-0.39, 0.29) is 0 Å². The minimum Gasteiger partial charge on any atom is -0.341 e. The molecule has 8 heteroatoms. The fraction of sp³-hybridized carbons (Fsp3) is 0.269. The molecule has 5 aromatic rings. The van der Waals surface area contributed by atoms with Gasteiger partial charge in [0.05, 0.1) is 16.9 Å². The maximum absolute atomic E-state index is 4.79. The minimum atomic E-state index is 0.557. The monoisotopic (exact) mass is 448 g/mol. The summed E-state index contributed by atoms with van der Waals surface area (Å²) in [6.45, 7) is 2.08. The molecular formula is C26H24N8. The molecule has 1 aliphatic heterocycles. The van der Waals surface area contributed by atoms with E-state index in [1.54, 1.807) is 6.20 Å². The number of fused-ring (bicyclic) bond motifs is 4. The number of hydrogen-bond acceptors (Lipinski definition) is 7. The third-order valence-electron chi connectivity index (χ3n) is 6.80. The topological polar surface area (TPSA) is 84.1 Å². The van der Waals surface area contributed by atoms with Crippen molar-refractivity contribution in [3.05, 3.63) is 66.4 Å². The summed E-state index contributed by atoms with van der Waals surface area (Å²) in [5.74, 6) is 1.38. The molecule has 1 aliphatic carbocycles. The van der Waals surface area contributed by atoms with E-state index in [2.05, 4.69) is 55.0 Å². The quantitative estimate of drug-likeness (QED) is 0.431. The van der Waals surface area contributed by atoms with Gasteiger partial charge in [-0.1, -0.05) is 6.07 Å². The normalized spacial score (nSPS) is 15.4. The lowest BCUT2D eigenvalue weighted by molar-refractivity contribution is 0.869. The number of anilines is 3. The summed E-state index contributed by atoms with van der Waals surface area (Å²) in [4.78, 5) is 25.6. The van der Waals surface area contributed by atoms with Crippen molar-refractivity contribution in [2.45, 2.75) is 32.1 Å². The van der Waals surface area contributed by atoms with Gasteiger partial charge in [-0.05, 0) is 56.4 Å². The Morgan fingerprint density at radius 3 is 2.74 bits per heavy atom. The van der Waals surface area contributed by atoms with Crippen molar-refractivity contribution in [2.75, 3.05) is 23.3 Å². The van der Waals surface area contributed by atoms with Gasteiger partial charge in [0.25, 0.3) is 0 Å². The molecule has 2 aliphatic rings. The van der Waals surface area contributed by atoms with Crippen LogP contribution in [0.5, 0.6) is 0 Å². The van der Waals surface area contributed by atoms with Crippen LogP contribution >= 0.6 is 0 Å². The number of nitrogens with one attached hydrogen (secondary N) is 1. The average molecular weight is 449 g/mol. The number of hydrogen-bond donors (Lipinski definition) is 1. The summed E-state index contributed by atoms with van der Waals surface area (Å²) >= 11 is 0. The molecule has 34 heavy (non-hydrogen) atoms. The van der Waals surface area contributed by atoms with Crippen LogP contribution in [0.1, 0.15) is 30.7 Å². The first kappa shape index (κ1) is 19.4. The average Bonchev–Trinajstić information content (AvgIpc) is 3.62. The van der Waals surface area contributed by atoms with E-state index < -0.39 is 0 Å². The summed E-state index contributed by atoms with van der Waals surface area (Å²) in [5.41, 5.74) is 7.27. The van der Waals surface area contributed by atoms with Gasteiger partial charge in [-0.25, -0.2) is 24.9 Å². The lowest BCUT2D eigenvalue weighted by Crippen LogP contribution is -2.20. The lowest BCUT2D eigenvalue weighted by atomic mass is 10.1. The van der Waals surface area contributed by atoms with Crippen LogP contribution in [-0.4, -0.2) is 42.4 Å². The van der Waals surface area contributed by atoms with E-state index >= 15 is 0 Å². The summed E-state index contributed by atoms with van der Waals surface area (Å²) in [7, 11) is 0. The van der Waals surface area contributed by atoms with Gasteiger partial charge < -0.3 is 14.6 Å². The highest BCUT2D eigenvalue weighted by atomic mass is 15.3. The fourth-order valence-electron chi connectivity index (χ4n) is 5.07. The molecule has 0 atom stereocenters. The Balaban J connectivity index is 1.16. The summed E-state index contributed by atoms with van der Waals surface area (Å²) in [5, 5.41) is 4.35. The number of aryl methyl sites for hydroxylation is 2. The number of pyridine rings is 1. The van der Waals surface area contributed by atoms with Crippen molar-refractivity contribution in [2.24, 2.45) is 0 Å². The maximum Gasteiger partial charge on any atom is 0.227 e. The van der Waals surface area contributed by atoms with Gasteiger partial charge in [-0.15, -0.1) is 0 Å². The van der Waals surface area contributed by atoms with Crippen molar-refractivity contribution in [1.29, 1.82) is 0 Å². The molecule has 1 aromatic carbocycles. The molecule has 0 amide bonds. The van der Waals surface area contributed by atoms with E-state index in [1.807, 2.05) is 18.3 Å². The van der Waals surface area contributed by atoms with E-state index in [1.165, 1.54) is 30.7 Å². The zero-order chi connectivity index (χ0) is 22.5. The van der Waals surface area contributed by atoms with Crippen LogP contribution in [0, 0.1) is 0 Å². The Morgan fingerprint density at radius 1 is 0.853 bits per heavy atom. The molecule has 1 N–H and O–H groups in total. The Kier molecular flexibility index (Phi) is 4.43. The molecule has 168 valence electrons. The van der Waals surface area contributed by atoms with Crippen LogP contribution in [0.2, 0.25) is 0 Å². The SMILES string of the molecule is c1cc(-c2ccc3nc(N4CCCC4)ncc3c2)nc(Nc2ccn3c4c(nc3c2)CCC4)n1. The largest absolute Gasteiger partial charge is 0.341 e. The zero-order valence-corrected chi connectivity index (χ0v) is 18.8. The molecular weight excluding hydrogens is 424 g/mol. The molecule has 0 saturated carbocycles. The van der Waals surface area contributed by atoms with E-state index in [9.17, 15) is 0 Å². The van der Waals surface area contributed by atoms with Crippen molar-refractivity contribution in [3.8, 4) is 11.3 Å². The highest BCUT2D eigenvalue weighted by Crippen LogP contribution is 2.27. The minimum absolute atomic E-state index is 0.557. The number of imidazole rings is 1. The van der Waals surface area contributed by atoms with Crippen molar-refractivity contribution < 1.29 is 0 Å². The first-order chi connectivity index (χ1) is 16.8. The highest BCUT2D eigenvalue weighted by molar-refractivity contribution is 5.84. The lowest BCUT2D eigenvalue weighted by Gasteiger charge is -2.15. The van der Waals surface area contributed by atoms with Crippen molar-refractivity contribution >= 4 is 34.1 Å². The molecule has 0 unspecified atom stereocenters. The Morgan fingerprint density at radius 2 is 1.79 bits per heavy atom. The molecule has 8 nitrogen and oxygen atoms in total. The van der Waals surface area contributed by atoms with Gasteiger partial charge in [0.2, 0.25) is 11.9 Å². The Labute approximate surface area is 196 Å². The van der Waals surface area contributed by atoms with Gasteiger partial charge in [-0.2, -0.15) is 0 Å². The summed E-state index contributed by atoms with van der Waals surface area (Å²) in [6.07, 6.45) is 11.6. The third kappa shape index (κ3) is 3.34. The fourth-order valence-corrected chi connectivity index (χ4v) is 5.07. The molecule has 0 radical (unpaired) electrons. The van der Waals surface area contributed by atoms with E-state index in [0.717, 1.165) is 65.4 Å². The van der Waals surface area contributed by atoms with Crippen molar-refractivity contribution in [3.63, 3.8) is 0 Å².